The van der Waals surface area contributed by atoms with Gasteiger partial charge < -0.3 is 15.2 Å². The number of carbonyl (C=O) groups excluding carboxylic acids is 3. The number of nitrogens with zero attached hydrogens (tertiary/aromatic N) is 1. The van der Waals surface area contributed by atoms with Crippen LogP contribution in [0, 0.1) is 0 Å². The van der Waals surface area contributed by atoms with Gasteiger partial charge >= 0.3 is 11.9 Å². The Labute approximate surface area is 183 Å². The first kappa shape index (κ1) is 21.7. The van der Waals surface area contributed by atoms with Crippen LogP contribution in [0.1, 0.15) is 12.5 Å². The maximum absolute atomic E-state index is 12.7. The number of thiophene rings is 1. The largest absolute Gasteiger partial charge is 0.477 e. The molecular formula is C17H14Cl2N2O6S2. The lowest BCUT2D eigenvalue weighted by molar-refractivity contribution is -0.150. The predicted octanol–water partition coefficient (Wildman–Crippen LogP) is 2.20. The Morgan fingerprint density at radius 1 is 1.38 bits per heavy atom. The average Bonchev–Trinajstić information content (AvgIpc) is 3.17. The van der Waals surface area contributed by atoms with Crippen molar-refractivity contribution in [3.8, 4) is 0 Å². The van der Waals surface area contributed by atoms with E-state index < -0.39 is 35.2 Å². The van der Waals surface area contributed by atoms with Gasteiger partial charge in [0.1, 0.15) is 28.2 Å². The van der Waals surface area contributed by atoms with Crippen molar-refractivity contribution in [3.05, 3.63) is 38.2 Å². The number of β-lactam (4-membered cyclic amide) rings is 1. The Kier molecular flexibility index (Phi) is 6.57. The third-order valence-electron chi connectivity index (χ3n) is 4.21. The molecule has 8 nitrogen and oxygen atoms in total. The summed E-state index contributed by atoms with van der Waals surface area (Å²) in [6, 6.07) is 0.736. The highest BCUT2D eigenvalue weighted by molar-refractivity contribution is 8.00. The zero-order valence-electron chi connectivity index (χ0n) is 14.8. The van der Waals surface area contributed by atoms with Crippen molar-refractivity contribution in [2.75, 3.05) is 12.4 Å². The minimum Gasteiger partial charge on any atom is -0.477 e. The lowest BCUT2D eigenvalue weighted by Gasteiger charge is -2.49. The number of hydrogen-bond acceptors (Lipinski definition) is 7. The fourth-order valence-electron chi connectivity index (χ4n) is 2.93. The van der Waals surface area contributed by atoms with Crippen LogP contribution >= 0.6 is 46.3 Å². The number of aliphatic carboxylic acids is 1. The molecule has 2 aliphatic heterocycles. The van der Waals surface area contributed by atoms with Crippen molar-refractivity contribution >= 4 is 75.6 Å². The Hall–Kier alpha value is -2.01. The van der Waals surface area contributed by atoms with E-state index in [9.17, 15) is 24.3 Å². The first-order chi connectivity index (χ1) is 13.7. The van der Waals surface area contributed by atoms with Gasteiger partial charge in [-0.2, -0.15) is 11.3 Å². The van der Waals surface area contributed by atoms with Crippen LogP contribution in [0.3, 0.4) is 0 Å². The van der Waals surface area contributed by atoms with Crippen LogP contribution in [-0.4, -0.2) is 57.5 Å². The van der Waals surface area contributed by atoms with Crippen LogP contribution in [0.15, 0.2) is 32.6 Å². The molecule has 2 amide bonds. The number of amides is 2. The molecule has 2 atom stereocenters. The third-order valence-corrected chi connectivity index (χ3v) is 6.61. The lowest BCUT2D eigenvalue weighted by atomic mass is 10.0. The Balaban J connectivity index is 1.79. The predicted molar refractivity (Wildman–Crippen MR) is 109 cm³/mol. The number of esters is 1. The Bertz CT molecular complexity index is 940. The molecule has 29 heavy (non-hydrogen) atoms. The van der Waals surface area contributed by atoms with Crippen molar-refractivity contribution < 1.29 is 29.0 Å². The van der Waals surface area contributed by atoms with Gasteiger partial charge in [-0.25, -0.2) is 4.79 Å². The highest BCUT2D eigenvalue weighted by Gasteiger charge is 2.54. The first-order valence-corrected chi connectivity index (χ1v) is 10.9. The number of ether oxygens (including phenoxy) is 1. The molecule has 1 aromatic rings. The van der Waals surface area contributed by atoms with Crippen molar-refractivity contribution in [1.82, 2.24) is 10.2 Å². The van der Waals surface area contributed by atoms with Crippen LogP contribution in [0.2, 0.25) is 0 Å². The smallest absolute Gasteiger partial charge is 0.352 e. The first-order valence-electron chi connectivity index (χ1n) is 8.14. The fraction of sp³-hybridized carbons (Fsp3) is 0.294. The molecule has 0 aliphatic carbocycles. The van der Waals surface area contributed by atoms with Gasteiger partial charge in [0, 0.05) is 23.8 Å². The summed E-state index contributed by atoms with van der Waals surface area (Å²) < 4.78 is 4.64. The minimum absolute atomic E-state index is 0.0335. The maximum Gasteiger partial charge on any atom is 0.352 e. The van der Waals surface area contributed by atoms with Crippen LogP contribution in [-0.2, 0) is 23.9 Å². The molecule has 0 aromatic carbocycles. The van der Waals surface area contributed by atoms with Crippen LogP contribution in [0.5, 0.6) is 0 Å². The zero-order chi connectivity index (χ0) is 21.3. The summed E-state index contributed by atoms with van der Waals surface area (Å²) in [6.45, 7) is 0.991. The lowest BCUT2D eigenvalue weighted by Crippen LogP contribution is -2.70. The molecule has 2 N–H and O–H groups in total. The highest BCUT2D eigenvalue weighted by Crippen LogP contribution is 2.40. The van der Waals surface area contributed by atoms with Gasteiger partial charge in [0.15, 0.2) is 0 Å². The monoisotopic (exact) mass is 476 g/mol. The number of hydrogen-bond donors (Lipinski definition) is 2. The van der Waals surface area contributed by atoms with Gasteiger partial charge in [-0.1, -0.05) is 23.2 Å². The number of carbonyl (C=O) groups is 4. The molecule has 12 heteroatoms. The topological polar surface area (TPSA) is 113 Å². The molecule has 1 unspecified atom stereocenters. The van der Waals surface area contributed by atoms with E-state index in [2.05, 4.69) is 5.32 Å². The van der Waals surface area contributed by atoms with E-state index in [0.29, 0.717) is 11.1 Å². The van der Waals surface area contributed by atoms with E-state index in [1.54, 1.807) is 16.8 Å². The molecule has 1 fully saturated rings. The number of rotatable bonds is 6. The second-order valence-corrected chi connectivity index (χ2v) is 8.88. The zero-order valence-corrected chi connectivity index (χ0v) is 18.0. The van der Waals surface area contributed by atoms with Crippen molar-refractivity contribution in [3.63, 3.8) is 0 Å². The fourth-order valence-corrected chi connectivity index (χ4v) is 5.29. The molecule has 2 aliphatic rings. The van der Waals surface area contributed by atoms with Crippen LogP contribution < -0.4 is 5.32 Å². The second kappa shape index (κ2) is 8.78. The van der Waals surface area contributed by atoms with Gasteiger partial charge in [-0.15, -0.1) is 11.8 Å². The van der Waals surface area contributed by atoms with E-state index in [1.807, 2.05) is 0 Å². The van der Waals surface area contributed by atoms with E-state index >= 15 is 0 Å². The maximum atomic E-state index is 12.7. The minimum atomic E-state index is -1.31. The summed E-state index contributed by atoms with van der Waals surface area (Å²) in [7, 11) is 0. The third kappa shape index (κ3) is 4.30. The number of thioether (sulfide) groups is 1. The summed E-state index contributed by atoms with van der Waals surface area (Å²) >= 11 is 14.3. The molecule has 3 rings (SSSR count). The number of carboxylic acids is 1. The molecule has 0 spiro atoms. The van der Waals surface area contributed by atoms with Gasteiger partial charge in [0.25, 0.3) is 11.8 Å². The summed E-state index contributed by atoms with van der Waals surface area (Å²) in [5, 5.41) is 15.0. The number of fused-ring (bicyclic) bond motifs is 1. The molecule has 0 saturated carbocycles. The van der Waals surface area contributed by atoms with Gasteiger partial charge in [-0.05, 0) is 16.8 Å². The number of nitrogens with one attached hydrogen (secondary N) is 1. The number of carboxylic acid groups (broad SMARTS) is 1. The SMILES string of the molecule is CC(=O)OCC1=C(C(=O)O)N2C(=O)C(NC(=O)C(=C(Cl)Cl)c3ccsc3)[C@H]2SC1. The molecule has 0 radical (unpaired) electrons. The average molecular weight is 477 g/mol. The molecule has 154 valence electrons. The van der Waals surface area contributed by atoms with E-state index in [4.69, 9.17) is 27.9 Å². The summed E-state index contributed by atoms with van der Waals surface area (Å²) in [6.07, 6.45) is 0. The van der Waals surface area contributed by atoms with Crippen LogP contribution in [0.25, 0.3) is 5.57 Å². The van der Waals surface area contributed by atoms with E-state index in [-0.39, 0.29) is 28.1 Å². The van der Waals surface area contributed by atoms with Crippen molar-refractivity contribution in [2.24, 2.45) is 0 Å². The second-order valence-electron chi connectivity index (χ2n) is 6.05. The number of halogens is 2. The van der Waals surface area contributed by atoms with Crippen molar-refractivity contribution in [1.29, 1.82) is 0 Å². The van der Waals surface area contributed by atoms with Crippen LogP contribution in [0.4, 0.5) is 0 Å². The van der Waals surface area contributed by atoms with Gasteiger partial charge in [0.2, 0.25) is 0 Å². The molecular weight excluding hydrogens is 463 g/mol. The summed E-state index contributed by atoms with van der Waals surface area (Å²) in [5.41, 5.74) is 0.637. The Morgan fingerprint density at radius 2 is 2.10 bits per heavy atom. The highest BCUT2D eigenvalue weighted by atomic mass is 35.5. The normalized spacial score (nSPS) is 20.5. The van der Waals surface area contributed by atoms with E-state index in [0.717, 1.165) is 4.90 Å². The summed E-state index contributed by atoms with van der Waals surface area (Å²) in [5.74, 6) is -2.84. The molecule has 1 saturated heterocycles. The van der Waals surface area contributed by atoms with Crippen molar-refractivity contribution in [2.45, 2.75) is 18.3 Å². The van der Waals surface area contributed by atoms with Gasteiger partial charge in [-0.3, -0.25) is 19.3 Å². The molecule has 1 aromatic heterocycles. The quantitative estimate of drug-likeness (QED) is 0.367. The summed E-state index contributed by atoms with van der Waals surface area (Å²) in [4.78, 5) is 49.1. The van der Waals surface area contributed by atoms with E-state index in [1.165, 1.54) is 30.0 Å². The standard InChI is InChI=1S/C17H14Cl2N2O6S2/c1-7(22)27-4-9-6-29-16-11(15(24)21(16)12(9)17(25)26)20-14(23)10(13(18)19)8-2-3-28-5-8/h2-3,5,11,16H,4,6H2,1H3,(H,20,23)(H,25,26)/t11?,16-/m1/s1. The van der Waals surface area contributed by atoms with Gasteiger partial charge in [0.05, 0.1) is 5.57 Å². The molecule has 0 bridgehead atoms. The molecule has 3 heterocycles. The Morgan fingerprint density at radius 3 is 2.66 bits per heavy atom.